The molecule has 3 nitrogen and oxygen atoms in total. The average Bonchev–Trinajstić information content (AvgIpc) is 2.89. The lowest BCUT2D eigenvalue weighted by Gasteiger charge is -2.33. The predicted octanol–water partition coefficient (Wildman–Crippen LogP) is 1.95. The summed E-state index contributed by atoms with van der Waals surface area (Å²) in [6.45, 7) is 0. The SMILES string of the molecule is CSCCCC(O)C1(C#N)CC2CCC1O2. The van der Waals surface area contributed by atoms with E-state index in [1.54, 1.807) is 11.8 Å². The maximum Gasteiger partial charge on any atom is 0.112 e. The highest BCUT2D eigenvalue weighted by Gasteiger charge is 2.56. The van der Waals surface area contributed by atoms with Crippen LogP contribution in [-0.4, -0.2) is 35.4 Å². The van der Waals surface area contributed by atoms with Crippen molar-refractivity contribution < 1.29 is 9.84 Å². The van der Waals surface area contributed by atoms with Crippen molar-refractivity contribution in [2.24, 2.45) is 5.41 Å². The molecule has 16 heavy (non-hydrogen) atoms. The summed E-state index contributed by atoms with van der Waals surface area (Å²) in [5, 5.41) is 19.6. The number of aliphatic hydroxyl groups is 1. The van der Waals surface area contributed by atoms with Gasteiger partial charge in [-0.15, -0.1) is 0 Å². The van der Waals surface area contributed by atoms with Crippen LogP contribution < -0.4 is 0 Å². The summed E-state index contributed by atoms with van der Waals surface area (Å²) in [6, 6.07) is 2.35. The van der Waals surface area contributed by atoms with Gasteiger partial charge >= 0.3 is 0 Å². The minimum absolute atomic E-state index is 0.0215. The molecule has 0 aromatic carbocycles. The second kappa shape index (κ2) is 4.95. The van der Waals surface area contributed by atoms with E-state index in [2.05, 4.69) is 12.3 Å². The summed E-state index contributed by atoms with van der Waals surface area (Å²) in [5.41, 5.74) is -0.610. The predicted molar refractivity (Wildman–Crippen MR) is 64.2 cm³/mol. The summed E-state index contributed by atoms with van der Waals surface area (Å²) >= 11 is 1.78. The molecule has 2 bridgehead atoms. The topological polar surface area (TPSA) is 53.2 Å². The Labute approximate surface area is 101 Å². The second-order valence-corrected chi connectivity index (χ2v) is 5.82. The molecule has 0 aromatic rings. The van der Waals surface area contributed by atoms with Crippen molar-refractivity contribution in [1.29, 1.82) is 5.26 Å². The van der Waals surface area contributed by atoms with Crippen LogP contribution in [0.4, 0.5) is 0 Å². The van der Waals surface area contributed by atoms with Gasteiger partial charge in [0.25, 0.3) is 0 Å². The monoisotopic (exact) mass is 241 g/mol. The molecule has 4 heteroatoms. The molecule has 2 fully saturated rings. The summed E-state index contributed by atoms with van der Waals surface area (Å²) in [7, 11) is 0. The van der Waals surface area contributed by atoms with Crippen LogP contribution in [0, 0.1) is 16.7 Å². The lowest BCUT2D eigenvalue weighted by atomic mass is 9.70. The highest BCUT2D eigenvalue weighted by molar-refractivity contribution is 7.98. The van der Waals surface area contributed by atoms with Gasteiger partial charge in [0.2, 0.25) is 0 Å². The molecule has 90 valence electrons. The Kier molecular flexibility index (Phi) is 3.78. The Morgan fingerprint density at radius 3 is 2.94 bits per heavy atom. The van der Waals surface area contributed by atoms with Gasteiger partial charge in [-0.2, -0.15) is 17.0 Å². The van der Waals surface area contributed by atoms with E-state index in [9.17, 15) is 10.4 Å². The van der Waals surface area contributed by atoms with Gasteiger partial charge in [0.1, 0.15) is 5.41 Å². The molecular formula is C12H19NO2S. The molecule has 0 radical (unpaired) electrons. The van der Waals surface area contributed by atoms with Crippen LogP contribution in [0.2, 0.25) is 0 Å². The third kappa shape index (κ3) is 1.97. The number of hydrogen-bond acceptors (Lipinski definition) is 4. The second-order valence-electron chi connectivity index (χ2n) is 4.83. The van der Waals surface area contributed by atoms with E-state index in [0.29, 0.717) is 0 Å². The Balaban J connectivity index is 1.97. The first-order valence-electron chi connectivity index (χ1n) is 5.96. The largest absolute Gasteiger partial charge is 0.391 e. The lowest BCUT2D eigenvalue weighted by molar-refractivity contribution is 0.000493. The molecule has 0 spiro atoms. The highest BCUT2D eigenvalue weighted by Crippen LogP contribution is 2.50. The number of ether oxygens (including phenoxy) is 1. The van der Waals surface area contributed by atoms with Gasteiger partial charge in [-0.05, 0) is 44.1 Å². The van der Waals surface area contributed by atoms with Crippen molar-refractivity contribution in [2.45, 2.75) is 50.4 Å². The molecule has 4 atom stereocenters. The van der Waals surface area contributed by atoms with E-state index in [4.69, 9.17) is 4.74 Å². The first-order valence-corrected chi connectivity index (χ1v) is 7.36. The molecule has 0 saturated carbocycles. The van der Waals surface area contributed by atoms with Gasteiger partial charge in [0.05, 0.1) is 24.4 Å². The summed E-state index contributed by atoms with van der Waals surface area (Å²) in [6.07, 6.45) is 6.18. The molecule has 0 aromatic heterocycles. The molecule has 2 aliphatic rings. The minimum atomic E-state index is -0.610. The first-order chi connectivity index (χ1) is 7.73. The quantitative estimate of drug-likeness (QED) is 0.747. The minimum Gasteiger partial charge on any atom is -0.391 e. The number of thioether (sulfide) groups is 1. The molecule has 2 rings (SSSR count). The number of nitrogens with zero attached hydrogens (tertiary/aromatic N) is 1. The molecule has 0 amide bonds. The first kappa shape index (κ1) is 12.2. The summed E-state index contributed by atoms with van der Waals surface area (Å²) < 4.78 is 5.72. The Morgan fingerprint density at radius 1 is 1.62 bits per heavy atom. The lowest BCUT2D eigenvalue weighted by Crippen LogP contribution is -2.42. The fourth-order valence-electron chi connectivity index (χ4n) is 2.96. The zero-order valence-corrected chi connectivity index (χ0v) is 10.5. The van der Waals surface area contributed by atoms with Crippen LogP contribution in [0.15, 0.2) is 0 Å². The molecule has 0 aliphatic carbocycles. The van der Waals surface area contributed by atoms with Crippen LogP contribution in [0.3, 0.4) is 0 Å². The molecule has 2 aliphatic heterocycles. The summed E-state index contributed by atoms with van der Waals surface area (Å²) in [4.78, 5) is 0. The number of rotatable bonds is 5. The molecular weight excluding hydrogens is 222 g/mol. The highest BCUT2D eigenvalue weighted by atomic mass is 32.2. The molecule has 2 saturated heterocycles. The molecule has 2 heterocycles. The van der Waals surface area contributed by atoms with Gasteiger partial charge < -0.3 is 9.84 Å². The van der Waals surface area contributed by atoms with Gasteiger partial charge in [0, 0.05) is 0 Å². The van der Waals surface area contributed by atoms with Crippen LogP contribution >= 0.6 is 11.8 Å². The fraction of sp³-hybridized carbons (Fsp3) is 0.917. The van der Waals surface area contributed by atoms with Crippen molar-refractivity contribution in [3.8, 4) is 6.07 Å². The van der Waals surface area contributed by atoms with Crippen LogP contribution in [-0.2, 0) is 4.74 Å². The third-order valence-electron chi connectivity index (χ3n) is 3.88. The number of nitriles is 1. The van der Waals surface area contributed by atoms with Gasteiger partial charge in [0.15, 0.2) is 0 Å². The smallest absolute Gasteiger partial charge is 0.112 e. The number of hydrogen-bond donors (Lipinski definition) is 1. The van der Waals surface area contributed by atoms with E-state index in [1.165, 1.54) is 0 Å². The zero-order valence-electron chi connectivity index (χ0n) is 9.69. The van der Waals surface area contributed by atoms with E-state index in [-0.39, 0.29) is 12.2 Å². The Bertz CT molecular complexity index is 291. The van der Waals surface area contributed by atoms with Crippen molar-refractivity contribution in [3.05, 3.63) is 0 Å². The average molecular weight is 241 g/mol. The third-order valence-corrected chi connectivity index (χ3v) is 4.57. The maximum absolute atomic E-state index is 10.2. The van der Waals surface area contributed by atoms with E-state index >= 15 is 0 Å². The Morgan fingerprint density at radius 2 is 2.44 bits per heavy atom. The van der Waals surface area contributed by atoms with Gasteiger partial charge in [-0.3, -0.25) is 0 Å². The molecule has 4 unspecified atom stereocenters. The van der Waals surface area contributed by atoms with Crippen LogP contribution in [0.1, 0.15) is 32.1 Å². The van der Waals surface area contributed by atoms with Crippen molar-refractivity contribution in [1.82, 2.24) is 0 Å². The van der Waals surface area contributed by atoms with E-state index in [0.717, 1.165) is 37.9 Å². The fourth-order valence-corrected chi connectivity index (χ4v) is 3.42. The van der Waals surface area contributed by atoms with Crippen LogP contribution in [0.25, 0.3) is 0 Å². The van der Waals surface area contributed by atoms with Crippen molar-refractivity contribution >= 4 is 11.8 Å². The number of fused-ring (bicyclic) bond motifs is 2. The van der Waals surface area contributed by atoms with Crippen LogP contribution in [0.5, 0.6) is 0 Å². The normalized spacial score (nSPS) is 38.6. The van der Waals surface area contributed by atoms with Crippen molar-refractivity contribution in [3.63, 3.8) is 0 Å². The van der Waals surface area contributed by atoms with Gasteiger partial charge in [-0.1, -0.05) is 0 Å². The Hall–Kier alpha value is -0.240. The van der Waals surface area contributed by atoms with Crippen molar-refractivity contribution in [2.75, 3.05) is 12.0 Å². The van der Waals surface area contributed by atoms with Gasteiger partial charge in [-0.25, -0.2) is 0 Å². The zero-order chi connectivity index (χ0) is 11.6. The maximum atomic E-state index is 10.2. The van der Waals surface area contributed by atoms with E-state index in [1.807, 2.05) is 0 Å². The summed E-state index contributed by atoms with van der Waals surface area (Å²) in [5.74, 6) is 1.05. The van der Waals surface area contributed by atoms with E-state index < -0.39 is 11.5 Å². The standard InChI is InChI=1S/C12H19NO2S/c1-16-6-2-3-10(14)12(8-13)7-9-4-5-11(12)15-9/h9-11,14H,2-7H2,1H3. The molecule has 1 N–H and O–H groups in total. The number of aliphatic hydroxyl groups excluding tert-OH is 1.